The molecule has 0 aromatic heterocycles. The van der Waals surface area contributed by atoms with Gasteiger partial charge >= 0.3 is 6.16 Å². The van der Waals surface area contributed by atoms with Crippen LogP contribution in [-0.4, -0.2) is 24.6 Å². The van der Waals surface area contributed by atoms with Gasteiger partial charge in [-0.1, -0.05) is 48.0 Å². The van der Waals surface area contributed by atoms with Crippen molar-refractivity contribution < 1.29 is 23.9 Å². The van der Waals surface area contributed by atoms with Crippen LogP contribution < -0.4 is 15.4 Å². The number of para-hydroxylation sites is 1. The van der Waals surface area contributed by atoms with E-state index in [1.165, 1.54) is 30.3 Å². The highest BCUT2D eigenvalue weighted by atomic mass is 35.5. The fraction of sp³-hybridized carbons (Fsp3) is 0.115. The van der Waals surface area contributed by atoms with Gasteiger partial charge in [0.15, 0.2) is 0 Å². The third kappa shape index (κ3) is 7.21. The molecule has 8 heteroatoms. The van der Waals surface area contributed by atoms with E-state index in [-0.39, 0.29) is 30.7 Å². The Morgan fingerprint density at radius 3 is 2.38 bits per heavy atom. The highest BCUT2D eigenvalue weighted by Crippen LogP contribution is 2.18. The molecule has 34 heavy (non-hydrogen) atoms. The zero-order valence-corrected chi connectivity index (χ0v) is 19.2. The molecule has 0 fully saturated rings. The molecule has 2 N–H and O–H groups in total. The molecule has 3 rings (SSSR count). The van der Waals surface area contributed by atoms with E-state index in [0.717, 1.165) is 11.1 Å². The quantitative estimate of drug-likeness (QED) is 0.255. The Bertz CT molecular complexity index is 1190. The fourth-order valence-electron chi connectivity index (χ4n) is 2.94. The van der Waals surface area contributed by atoms with Gasteiger partial charge in [-0.3, -0.25) is 9.59 Å². The highest BCUT2D eigenvalue weighted by molar-refractivity contribution is 6.32. The van der Waals surface area contributed by atoms with Crippen LogP contribution in [-0.2, 0) is 16.1 Å². The van der Waals surface area contributed by atoms with Crippen LogP contribution in [0.2, 0.25) is 5.02 Å². The molecule has 7 nitrogen and oxygen atoms in total. The van der Waals surface area contributed by atoms with Crippen molar-refractivity contribution in [3.05, 3.63) is 101 Å². The standard InChI is InChI=1S/C26H23ClN2O5/c1-2-33-26(32)34-21-14-11-19(12-15-21)25(31)28-17-20-8-4-6-10-23(20)29-24(30)16-13-18-7-3-5-9-22(18)27/h3-16H,2,17H2,1H3,(H,28,31)(H,29,30)/b16-13+. The normalized spacial score (nSPS) is 10.5. The number of hydrogen-bond donors (Lipinski definition) is 2. The van der Waals surface area contributed by atoms with E-state index >= 15 is 0 Å². The first kappa shape index (κ1) is 24.5. The van der Waals surface area contributed by atoms with Gasteiger partial charge in [0.05, 0.1) is 6.61 Å². The molecule has 0 heterocycles. The van der Waals surface area contributed by atoms with Crippen LogP contribution in [0.3, 0.4) is 0 Å². The van der Waals surface area contributed by atoms with Gasteiger partial charge in [0.2, 0.25) is 5.91 Å². The Morgan fingerprint density at radius 1 is 0.941 bits per heavy atom. The summed E-state index contributed by atoms with van der Waals surface area (Å²) in [5.74, 6) is -0.369. The largest absolute Gasteiger partial charge is 0.513 e. The van der Waals surface area contributed by atoms with Crippen LogP contribution in [0.1, 0.15) is 28.4 Å². The number of halogens is 1. The van der Waals surface area contributed by atoms with Crippen molar-refractivity contribution in [1.82, 2.24) is 5.32 Å². The van der Waals surface area contributed by atoms with Crippen LogP contribution in [0.5, 0.6) is 5.75 Å². The SMILES string of the molecule is CCOC(=O)Oc1ccc(C(=O)NCc2ccccc2NC(=O)/C=C/c2ccccc2Cl)cc1. The van der Waals surface area contributed by atoms with Crippen molar-refractivity contribution in [2.45, 2.75) is 13.5 Å². The van der Waals surface area contributed by atoms with Crippen molar-refractivity contribution in [3.8, 4) is 5.75 Å². The number of carbonyl (C=O) groups excluding carboxylic acids is 3. The van der Waals surface area contributed by atoms with Crippen LogP contribution >= 0.6 is 11.6 Å². The van der Waals surface area contributed by atoms with E-state index < -0.39 is 6.16 Å². The average Bonchev–Trinajstić information content (AvgIpc) is 2.83. The zero-order valence-electron chi connectivity index (χ0n) is 18.4. The van der Waals surface area contributed by atoms with Gasteiger partial charge in [0.25, 0.3) is 5.91 Å². The van der Waals surface area contributed by atoms with Gasteiger partial charge in [0, 0.05) is 28.9 Å². The molecule has 0 bridgehead atoms. The summed E-state index contributed by atoms with van der Waals surface area (Å²) in [6.07, 6.45) is 2.23. The Morgan fingerprint density at radius 2 is 1.65 bits per heavy atom. The summed E-state index contributed by atoms with van der Waals surface area (Å²) in [6.45, 7) is 2.08. The van der Waals surface area contributed by atoms with Gasteiger partial charge in [-0.05, 0) is 60.5 Å². The second kappa shape index (κ2) is 12.2. The third-order valence-electron chi connectivity index (χ3n) is 4.61. The summed E-state index contributed by atoms with van der Waals surface area (Å²) >= 11 is 6.11. The van der Waals surface area contributed by atoms with Crippen LogP contribution in [0, 0.1) is 0 Å². The second-order valence-corrected chi connectivity index (χ2v) is 7.40. The Kier molecular flexibility index (Phi) is 8.82. The first-order chi connectivity index (χ1) is 16.5. The minimum Gasteiger partial charge on any atom is -0.434 e. The number of ether oxygens (including phenoxy) is 2. The fourth-order valence-corrected chi connectivity index (χ4v) is 3.14. The molecule has 0 spiro atoms. The van der Waals surface area contributed by atoms with Crippen molar-refractivity contribution >= 4 is 41.3 Å². The lowest BCUT2D eigenvalue weighted by Gasteiger charge is -2.11. The number of carbonyl (C=O) groups is 3. The van der Waals surface area contributed by atoms with Gasteiger partial charge in [-0.25, -0.2) is 4.79 Å². The monoisotopic (exact) mass is 478 g/mol. The molecule has 0 saturated heterocycles. The molecule has 0 unspecified atom stereocenters. The smallest absolute Gasteiger partial charge is 0.434 e. The maximum absolute atomic E-state index is 12.5. The lowest BCUT2D eigenvalue weighted by molar-refractivity contribution is -0.111. The predicted octanol–water partition coefficient (Wildman–Crippen LogP) is 5.46. The Balaban J connectivity index is 1.58. The van der Waals surface area contributed by atoms with Gasteiger partial charge in [0.1, 0.15) is 5.75 Å². The summed E-state index contributed by atoms with van der Waals surface area (Å²) in [7, 11) is 0. The Labute approximate surface area is 202 Å². The lowest BCUT2D eigenvalue weighted by atomic mass is 10.1. The van der Waals surface area contributed by atoms with Crippen LogP contribution in [0.15, 0.2) is 78.9 Å². The maximum atomic E-state index is 12.5. The molecule has 0 saturated carbocycles. The molecule has 3 aromatic rings. The van der Waals surface area contributed by atoms with Gasteiger partial charge in [-0.2, -0.15) is 0 Å². The van der Waals surface area contributed by atoms with E-state index in [0.29, 0.717) is 16.3 Å². The number of hydrogen-bond acceptors (Lipinski definition) is 5. The number of rotatable bonds is 8. The van der Waals surface area contributed by atoms with E-state index in [1.807, 2.05) is 30.3 Å². The van der Waals surface area contributed by atoms with Crippen molar-refractivity contribution in [3.63, 3.8) is 0 Å². The minimum atomic E-state index is -0.805. The third-order valence-corrected chi connectivity index (χ3v) is 4.96. The molecular weight excluding hydrogens is 456 g/mol. The molecule has 0 atom stereocenters. The highest BCUT2D eigenvalue weighted by Gasteiger charge is 2.10. The molecule has 174 valence electrons. The van der Waals surface area contributed by atoms with Gasteiger partial charge in [-0.15, -0.1) is 0 Å². The number of amides is 2. The minimum absolute atomic E-state index is 0.199. The van der Waals surface area contributed by atoms with E-state index in [9.17, 15) is 14.4 Å². The maximum Gasteiger partial charge on any atom is 0.513 e. The van der Waals surface area contributed by atoms with Crippen LogP contribution in [0.25, 0.3) is 6.08 Å². The summed E-state index contributed by atoms with van der Waals surface area (Å²) in [5.41, 5.74) is 2.44. The Hall–Kier alpha value is -4.10. The van der Waals surface area contributed by atoms with E-state index in [4.69, 9.17) is 21.1 Å². The molecule has 0 radical (unpaired) electrons. The molecule has 2 amide bonds. The van der Waals surface area contributed by atoms with Gasteiger partial charge < -0.3 is 20.1 Å². The molecule has 0 aliphatic rings. The molecule has 0 aliphatic carbocycles. The molecular formula is C26H23ClN2O5. The predicted molar refractivity (Wildman–Crippen MR) is 131 cm³/mol. The first-order valence-electron chi connectivity index (χ1n) is 10.5. The van der Waals surface area contributed by atoms with E-state index in [1.54, 1.807) is 31.2 Å². The number of anilines is 1. The number of nitrogens with one attached hydrogen (secondary N) is 2. The average molecular weight is 479 g/mol. The summed E-state index contributed by atoms with van der Waals surface area (Å²) < 4.78 is 9.69. The topological polar surface area (TPSA) is 93.7 Å². The first-order valence-corrected chi connectivity index (χ1v) is 10.9. The van der Waals surface area contributed by atoms with Crippen molar-refractivity contribution in [2.24, 2.45) is 0 Å². The zero-order chi connectivity index (χ0) is 24.3. The van der Waals surface area contributed by atoms with Crippen molar-refractivity contribution in [2.75, 3.05) is 11.9 Å². The van der Waals surface area contributed by atoms with E-state index in [2.05, 4.69) is 10.6 Å². The van der Waals surface area contributed by atoms with Crippen LogP contribution in [0.4, 0.5) is 10.5 Å². The van der Waals surface area contributed by atoms with Crippen molar-refractivity contribution in [1.29, 1.82) is 0 Å². The summed E-state index contributed by atoms with van der Waals surface area (Å²) in [6, 6.07) is 20.5. The second-order valence-electron chi connectivity index (χ2n) is 6.99. The summed E-state index contributed by atoms with van der Waals surface area (Å²) in [4.78, 5) is 36.3. The summed E-state index contributed by atoms with van der Waals surface area (Å²) in [5, 5.41) is 6.19. The lowest BCUT2D eigenvalue weighted by Crippen LogP contribution is -2.23. The number of benzene rings is 3. The molecule has 0 aliphatic heterocycles. The molecule has 3 aromatic carbocycles.